The number of hydrogen-bond donors (Lipinski definition) is 1. The lowest BCUT2D eigenvalue weighted by Crippen LogP contribution is -2.20. The van der Waals surface area contributed by atoms with Crippen LogP contribution in [0.25, 0.3) is 0 Å². The first-order valence-electron chi connectivity index (χ1n) is 3.56. The summed E-state index contributed by atoms with van der Waals surface area (Å²) < 4.78 is 0. The number of hydrogen-bond acceptors (Lipinski definition) is 3. The van der Waals surface area contributed by atoms with Gasteiger partial charge in [0.05, 0.1) is 5.71 Å². The Morgan fingerprint density at radius 3 is 2.60 bits per heavy atom. The second-order valence-electron chi connectivity index (χ2n) is 2.48. The fourth-order valence-electron chi connectivity index (χ4n) is 0.561. The van der Waals surface area contributed by atoms with Crippen LogP contribution in [-0.4, -0.2) is 36.0 Å². The van der Waals surface area contributed by atoms with E-state index in [1.165, 1.54) is 0 Å². The predicted molar refractivity (Wildman–Crippen MR) is 42.7 cm³/mol. The highest BCUT2D eigenvalue weighted by Gasteiger charge is 1.95. The SMILES string of the molecule is CCN(C)CC/C(C)=N\O. The van der Waals surface area contributed by atoms with Gasteiger partial charge in [-0.3, -0.25) is 0 Å². The van der Waals surface area contributed by atoms with Crippen LogP contribution in [-0.2, 0) is 0 Å². The van der Waals surface area contributed by atoms with Crippen LogP contribution in [0.15, 0.2) is 5.16 Å². The zero-order valence-corrected chi connectivity index (χ0v) is 6.96. The minimum Gasteiger partial charge on any atom is -0.411 e. The summed E-state index contributed by atoms with van der Waals surface area (Å²) in [5.41, 5.74) is 0.792. The largest absolute Gasteiger partial charge is 0.411 e. The highest BCUT2D eigenvalue weighted by molar-refractivity contribution is 5.81. The van der Waals surface area contributed by atoms with Crippen molar-refractivity contribution in [3.63, 3.8) is 0 Å². The minimum absolute atomic E-state index is 0.792. The van der Waals surface area contributed by atoms with Crippen molar-refractivity contribution in [2.75, 3.05) is 20.1 Å². The topological polar surface area (TPSA) is 35.8 Å². The summed E-state index contributed by atoms with van der Waals surface area (Å²) in [5.74, 6) is 0. The van der Waals surface area contributed by atoms with Crippen LogP contribution in [0.2, 0.25) is 0 Å². The summed E-state index contributed by atoms with van der Waals surface area (Å²) in [7, 11) is 2.05. The van der Waals surface area contributed by atoms with Gasteiger partial charge >= 0.3 is 0 Å². The molecule has 0 atom stereocenters. The van der Waals surface area contributed by atoms with E-state index in [0.29, 0.717) is 0 Å². The van der Waals surface area contributed by atoms with E-state index in [4.69, 9.17) is 5.21 Å². The first-order chi connectivity index (χ1) is 4.70. The summed E-state index contributed by atoms with van der Waals surface area (Å²) in [6.45, 7) is 5.93. The van der Waals surface area contributed by atoms with Crippen LogP contribution in [0, 0.1) is 0 Å². The van der Waals surface area contributed by atoms with Gasteiger partial charge in [0.25, 0.3) is 0 Å². The van der Waals surface area contributed by atoms with Crippen LogP contribution < -0.4 is 0 Å². The van der Waals surface area contributed by atoms with Gasteiger partial charge in [0.2, 0.25) is 0 Å². The molecule has 0 aromatic heterocycles. The third kappa shape index (κ3) is 4.32. The van der Waals surface area contributed by atoms with E-state index in [1.54, 1.807) is 0 Å². The average molecular weight is 144 g/mol. The summed E-state index contributed by atoms with van der Waals surface area (Å²) in [5, 5.41) is 11.4. The maximum atomic E-state index is 8.29. The van der Waals surface area contributed by atoms with Gasteiger partial charge in [-0.25, -0.2) is 0 Å². The molecular weight excluding hydrogens is 128 g/mol. The molecule has 0 spiro atoms. The summed E-state index contributed by atoms with van der Waals surface area (Å²) in [6, 6.07) is 0. The van der Waals surface area contributed by atoms with E-state index in [1.807, 2.05) is 14.0 Å². The Bertz CT molecular complexity index is 112. The Hall–Kier alpha value is -0.570. The van der Waals surface area contributed by atoms with Gasteiger partial charge in [-0.1, -0.05) is 12.1 Å². The summed E-state index contributed by atoms with van der Waals surface area (Å²) in [6.07, 6.45) is 0.848. The summed E-state index contributed by atoms with van der Waals surface area (Å²) >= 11 is 0. The average Bonchev–Trinajstić information content (AvgIpc) is 1.99. The summed E-state index contributed by atoms with van der Waals surface area (Å²) in [4.78, 5) is 2.18. The standard InChI is InChI=1S/C7H16N2O/c1-4-9(3)6-5-7(2)8-10/h10H,4-6H2,1-3H3/b8-7-. The Kier molecular flexibility index (Phi) is 4.94. The van der Waals surface area contributed by atoms with Crippen LogP contribution >= 0.6 is 0 Å². The van der Waals surface area contributed by atoms with E-state index in [9.17, 15) is 0 Å². The molecule has 0 fully saturated rings. The minimum atomic E-state index is 0.792. The third-order valence-corrected chi connectivity index (χ3v) is 1.57. The molecule has 3 heteroatoms. The molecule has 0 aromatic rings. The quantitative estimate of drug-likeness (QED) is 0.365. The van der Waals surface area contributed by atoms with Crippen molar-refractivity contribution in [2.45, 2.75) is 20.3 Å². The first-order valence-corrected chi connectivity index (χ1v) is 3.56. The Balaban J connectivity index is 3.35. The van der Waals surface area contributed by atoms with Gasteiger partial charge in [0, 0.05) is 13.0 Å². The molecule has 0 bridgehead atoms. The highest BCUT2D eigenvalue weighted by atomic mass is 16.4. The molecule has 3 nitrogen and oxygen atoms in total. The maximum Gasteiger partial charge on any atom is 0.0552 e. The third-order valence-electron chi connectivity index (χ3n) is 1.57. The predicted octanol–water partition coefficient (Wildman–Crippen LogP) is 1.18. The molecule has 60 valence electrons. The Labute approximate surface area is 62.3 Å². The van der Waals surface area contributed by atoms with Crippen molar-refractivity contribution in [3.05, 3.63) is 0 Å². The van der Waals surface area contributed by atoms with E-state index in [0.717, 1.165) is 25.2 Å². The van der Waals surface area contributed by atoms with Crippen molar-refractivity contribution in [3.8, 4) is 0 Å². The monoisotopic (exact) mass is 144 g/mol. The smallest absolute Gasteiger partial charge is 0.0552 e. The molecule has 0 saturated carbocycles. The number of nitrogens with zero attached hydrogens (tertiary/aromatic N) is 2. The van der Waals surface area contributed by atoms with Crippen molar-refractivity contribution < 1.29 is 5.21 Å². The fraction of sp³-hybridized carbons (Fsp3) is 0.857. The lowest BCUT2D eigenvalue weighted by Gasteiger charge is -2.11. The number of oxime groups is 1. The van der Waals surface area contributed by atoms with Crippen LogP contribution in [0.4, 0.5) is 0 Å². The molecule has 0 radical (unpaired) electrons. The second kappa shape index (κ2) is 5.23. The number of rotatable bonds is 4. The van der Waals surface area contributed by atoms with Crippen molar-refractivity contribution in [2.24, 2.45) is 5.16 Å². The first kappa shape index (κ1) is 9.43. The molecule has 0 saturated heterocycles. The molecule has 0 aliphatic carbocycles. The zero-order valence-electron chi connectivity index (χ0n) is 6.96. The molecule has 0 aliphatic heterocycles. The zero-order chi connectivity index (χ0) is 7.98. The van der Waals surface area contributed by atoms with E-state index < -0.39 is 0 Å². The van der Waals surface area contributed by atoms with Gasteiger partial charge in [0.15, 0.2) is 0 Å². The van der Waals surface area contributed by atoms with Crippen molar-refractivity contribution >= 4 is 5.71 Å². The second-order valence-corrected chi connectivity index (χ2v) is 2.48. The molecule has 0 rings (SSSR count). The fourth-order valence-corrected chi connectivity index (χ4v) is 0.561. The van der Waals surface area contributed by atoms with Gasteiger partial charge in [-0.15, -0.1) is 0 Å². The molecular formula is C7H16N2O. The molecule has 0 amide bonds. The van der Waals surface area contributed by atoms with E-state index >= 15 is 0 Å². The van der Waals surface area contributed by atoms with E-state index in [2.05, 4.69) is 17.0 Å². The molecule has 0 aliphatic rings. The maximum absolute atomic E-state index is 8.29. The van der Waals surface area contributed by atoms with Gasteiger partial charge in [-0.2, -0.15) is 0 Å². The molecule has 1 N–H and O–H groups in total. The van der Waals surface area contributed by atoms with Crippen LogP contribution in [0.5, 0.6) is 0 Å². The van der Waals surface area contributed by atoms with Gasteiger partial charge in [0.1, 0.15) is 0 Å². The Morgan fingerprint density at radius 1 is 1.60 bits per heavy atom. The lowest BCUT2D eigenvalue weighted by atomic mass is 10.3. The highest BCUT2D eigenvalue weighted by Crippen LogP contribution is 1.88. The van der Waals surface area contributed by atoms with Crippen molar-refractivity contribution in [1.82, 2.24) is 4.90 Å². The lowest BCUT2D eigenvalue weighted by molar-refractivity contribution is 0.313. The van der Waals surface area contributed by atoms with Crippen LogP contribution in [0.3, 0.4) is 0 Å². The van der Waals surface area contributed by atoms with Gasteiger partial charge in [-0.05, 0) is 20.5 Å². The van der Waals surface area contributed by atoms with Crippen LogP contribution in [0.1, 0.15) is 20.3 Å². The van der Waals surface area contributed by atoms with Crippen molar-refractivity contribution in [1.29, 1.82) is 0 Å². The normalized spacial score (nSPS) is 12.6. The molecule has 10 heavy (non-hydrogen) atoms. The van der Waals surface area contributed by atoms with E-state index in [-0.39, 0.29) is 0 Å². The molecule has 0 heterocycles. The molecule has 0 unspecified atom stereocenters. The Morgan fingerprint density at radius 2 is 2.20 bits per heavy atom. The molecule has 0 aromatic carbocycles. The van der Waals surface area contributed by atoms with Gasteiger partial charge < -0.3 is 10.1 Å².